The van der Waals surface area contributed by atoms with Gasteiger partial charge in [-0.1, -0.05) is 25.0 Å². The fourth-order valence-corrected chi connectivity index (χ4v) is 5.36. The van der Waals surface area contributed by atoms with E-state index in [1.54, 1.807) is 17.0 Å². The molecule has 1 aliphatic heterocycles. The van der Waals surface area contributed by atoms with Gasteiger partial charge in [0.2, 0.25) is 17.7 Å². The molecule has 0 bridgehead atoms. The molecular formula is C26H33FN4O4. The first-order valence-corrected chi connectivity index (χ1v) is 12.6. The van der Waals surface area contributed by atoms with E-state index >= 15 is 0 Å². The van der Waals surface area contributed by atoms with Gasteiger partial charge in [-0.25, -0.2) is 4.39 Å². The molecule has 3 amide bonds. The first kappa shape index (κ1) is 25.0. The molecule has 4 rings (SSSR count). The Bertz CT molecular complexity index is 978. The zero-order valence-electron chi connectivity index (χ0n) is 19.8. The van der Waals surface area contributed by atoms with Crippen LogP contribution in [0.2, 0.25) is 0 Å². The standard InChI is InChI=1S/C26H33FN4O4/c27-19-9-5-16(6-10-19)15-29-24(33)21(12-11-20(32)14-28)30-25(34)23-13-18-3-1-2-4-22(18)31(23)26(35)17-7-8-17/h5-6,9-10,14,17-18,21-23,28H,1-4,7-8,11-13,15H2,(H,29,33)(H,30,34)/t18?,21-,22?,23-/m0/s1. The molecule has 3 N–H and O–H groups in total. The molecule has 2 aliphatic carbocycles. The molecule has 3 aliphatic rings. The highest BCUT2D eigenvalue weighted by Gasteiger charge is 2.50. The Kier molecular flexibility index (Phi) is 7.93. The summed E-state index contributed by atoms with van der Waals surface area (Å²) >= 11 is 0. The molecule has 0 aromatic heterocycles. The highest BCUT2D eigenvalue weighted by atomic mass is 19.1. The van der Waals surface area contributed by atoms with Crippen LogP contribution in [0, 0.1) is 23.1 Å². The topological polar surface area (TPSA) is 119 Å². The lowest BCUT2D eigenvalue weighted by Gasteiger charge is -2.34. The van der Waals surface area contributed by atoms with Crippen LogP contribution in [0.1, 0.15) is 63.4 Å². The van der Waals surface area contributed by atoms with Crippen LogP contribution in [-0.2, 0) is 25.7 Å². The molecule has 1 aromatic carbocycles. The number of halogens is 1. The van der Waals surface area contributed by atoms with E-state index in [2.05, 4.69) is 10.6 Å². The van der Waals surface area contributed by atoms with E-state index in [0.717, 1.165) is 38.5 Å². The smallest absolute Gasteiger partial charge is 0.243 e. The molecule has 2 unspecified atom stereocenters. The summed E-state index contributed by atoms with van der Waals surface area (Å²) in [5.41, 5.74) is 0.696. The Morgan fingerprint density at radius 2 is 1.80 bits per heavy atom. The largest absolute Gasteiger partial charge is 0.350 e. The molecule has 3 fully saturated rings. The van der Waals surface area contributed by atoms with Gasteiger partial charge in [-0.2, -0.15) is 0 Å². The zero-order chi connectivity index (χ0) is 24.9. The summed E-state index contributed by atoms with van der Waals surface area (Å²) in [7, 11) is 0. The van der Waals surface area contributed by atoms with Gasteiger partial charge >= 0.3 is 0 Å². The van der Waals surface area contributed by atoms with Crippen LogP contribution >= 0.6 is 0 Å². The second kappa shape index (κ2) is 11.1. The SMILES string of the molecule is N=CC(=O)CC[C@H](NC(=O)[C@@H]1CC2CCCCC2N1C(=O)C1CC1)C(=O)NCc1ccc(F)cc1. The van der Waals surface area contributed by atoms with Crippen molar-refractivity contribution in [3.8, 4) is 0 Å². The van der Waals surface area contributed by atoms with Crippen molar-refractivity contribution in [2.24, 2.45) is 11.8 Å². The minimum Gasteiger partial charge on any atom is -0.350 e. The Morgan fingerprint density at radius 3 is 2.49 bits per heavy atom. The van der Waals surface area contributed by atoms with Gasteiger partial charge in [-0.3, -0.25) is 19.2 Å². The van der Waals surface area contributed by atoms with Gasteiger partial charge in [-0.15, -0.1) is 0 Å². The summed E-state index contributed by atoms with van der Waals surface area (Å²) in [6, 6.07) is 4.21. The Morgan fingerprint density at radius 1 is 1.09 bits per heavy atom. The van der Waals surface area contributed by atoms with Crippen LogP contribution < -0.4 is 10.6 Å². The van der Waals surface area contributed by atoms with Crippen molar-refractivity contribution in [3.05, 3.63) is 35.6 Å². The number of carbonyl (C=O) groups is 4. The maximum atomic E-state index is 13.4. The summed E-state index contributed by atoms with van der Waals surface area (Å²) in [5.74, 6) is -1.28. The van der Waals surface area contributed by atoms with Crippen molar-refractivity contribution < 1.29 is 23.6 Å². The van der Waals surface area contributed by atoms with Crippen LogP contribution in [0.4, 0.5) is 4.39 Å². The second-order valence-corrected chi connectivity index (χ2v) is 9.94. The van der Waals surface area contributed by atoms with Gasteiger partial charge in [0.25, 0.3) is 0 Å². The fourth-order valence-electron chi connectivity index (χ4n) is 5.36. The molecule has 188 valence electrons. The minimum absolute atomic E-state index is 0.00555. The van der Waals surface area contributed by atoms with Crippen molar-refractivity contribution in [2.75, 3.05) is 0 Å². The van der Waals surface area contributed by atoms with E-state index in [4.69, 9.17) is 5.41 Å². The third-order valence-corrected chi connectivity index (χ3v) is 7.43. The number of nitrogens with zero attached hydrogens (tertiary/aromatic N) is 1. The second-order valence-electron chi connectivity index (χ2n) is 9.94. The van der Waals surface area contributed by atoms with E-state index < -0.39 is 23.8 Å². The number of rotatable bonds is 10. The van der Waals surface area contributed by atoms with E-state index in [-0.39, 0.29) is 49.0 Å². The van der Waals surface area contributed by atoms with Gasteiger partial charge in [0.15, 0.2) is 5.78 Å². The van der Waals surface area contributed by atoms with Gasteiger partial charge < -0.3 is 20.9 Å². The normalized spacial score (nSPS) is 24.3. The number of benzene rings is 1. The number of fused-ring (bicyclic) bond motifs is 1. The van der Waals surface area contributed by atoms with E-state index in [9.17, 15) is 23.6 Å². The van der Waals surface area contributed by atoms with Crippen molar-refractivity contribution in [1.82, 2.24) is 15.5 Å². The highest BCUT2D eigenvalue weighted by Crippen LogP contribution is 2.43. The molecule has 2 saturated carbocycles. The number of carbonyl (C=O) groups excluding carboxylic acids is 4. The lowest BCUT2D eigenvalue weighted by atomic mass is 9.84. The molecule has 9 heteroatoms. The summed E-state index contributed by atoms with van der Waals surface area (Å²) < 4.78 is 13.2. The predicted molar refractivity (Wildman–Crippen MR) is 127 cm³/mol. The average molecular weight is 485 g/mol. The van der Waals surface area contributed by atoms with Crippen molar-refractivity contribution in [1.29, 1.82) is 5.41 Å². The van der Waals surface area contributed by atoms with Crippen molar-refractivity contribution >= 4 is 29.7 Å². The van der Waals surface area contributed by atoms with Crippen molar-refractivity contribution in [2.45, 2.75) is 82.5 Å². The van der Waals surface area contributed by atoms with E-state index in [1.165, 1.54) is 12.1 Å². The van der Waals surface area contributed by atoms with Gasteiger partial charge in [0, 0.05) is 24.9 Å². The first-order chi connectivity index (χ1) is 16.9. The Balaban J connectivity index is 1.45. The maximum absolute atomic E-state index is 13.4. The summed E-state index contributed by atoms with van der Waals surface area (Å²) in [6.45, 7) is 0.143. The fraction of sp³-hybridized carbons (Fsp3) is 0.577. The molecule has 35 heavy (non-hydrogen) atoms. The minimum atomic E-state index is -0.979. The molecule has 0 radical (unpaired) electrons. The maximum Gasteiger partial charge on any atom is 0.243 e. The lowest BCUT2D eigenvalue weighted by molar-refractivity contribution is -0.142. The number of hydrogen-bond acceptors (Lipinski definition) is 5. The quantitative estimate of drug-likeness (QED) is 0.442. The molecule has 1 saturated heterocycles. The lowest BCUT2D eigenvalue weighted by Crippen LogP contribution is -2.54. The van der Waals surface area contributed by atoms with E-state index in [0.29, 0.717) is 24.1 Å². The molecule has 8 nitrogen and oxygen atoms in total. The molecule has 1 heterocycles. The number of Topliss-reactive ketones (excluding diaryl/α,β-unsaturated/α-hetero) is 1. The highest BCUT2D eigenvalue weighted by molar-refractivity contribution is 6.26. The van der Waals surface area contributed by atoms with Crippen LogP contribution in [0.15, 0.2) is 24.3 Å². The van der Waals surface area contributed by atoms with Gasteiger partial charge in [0.05, 0.1) is 6.21 Å². The molecule has 1 aromatic rings. The summed E-state index contributed by atoms with van der Waals surface area (Å²) in [6.07, 6.45) is 7.06. The van der Waals surface area contributed by atoms with Crippen LogP contribution in [0.25, 0.3) is 0 Å². The number of likely N-dealkylation sites (tertiary alicyclic amines) is 1. The Hall–Kier alpha value is -3.10. The molecular weight excluding hydrogens is 451 g/mol. The third kappa shape index (κ3) is 6.13. The monoisotopic (exact) mass is 484 g/mol. The molecule has 4 atom stereocenters. The van der Waals surface area contributed by atoms with Gasteiger partial charge in [0.1, 0.15) is 17.9 Å². The van der Waals surface area contributed by atoms with Crippen LogP contribution in [0.3, 0.4) is 0 Å². The number of nitrogens with one attached hydrogen (secondary N) is 3. The summed E-state index contributed by atoms with van der Waals surface area (Å²) in [5, 5.41) is 12.7. The number of amides is 3. The summed E-state index contributed by atoms with van der Waals surface area (Å²) in [4.78, 5) is 53.0. The van der Waals surface area contributed by atoms with E-state index in [1.807, 2.05) is 0 Å². The van der Waals surface area contributed by atoms with Crippen molar-refractivity contribution in [3.63, 3.8) is 0 Å². The third-order valence-electron chi connectivity index (χ3n) is 7.43. The van der Waals surface area contributed by atoms with Gasteiger partial charge in [-0.05, 0) is 62.1 Å². The first-order valence-electron chi connectivity index (χ1n) is 12.6. The number of hydrogen-bond donors (Lipinski definition) is 3. The average Bonchev–Trinajstić information content (AvgIpc) is 3.65. The Labute approximate surface area is 204 Å². The zero-order valence-corrected chi connectivity index (χ0v) is 19.8. The number of ketones is 1. The van der Waals surface area contributed by atoms with Crippen LogP contribution in [-0.4, -0.2) is 52.7 Å². The van der Waals surface area contributed by atoms with Crippen LogP contribution in [0.5, 0.6) is 0 Å². The predicted octanol–water partition coefficient (Wildman–Crippen LogP) is 2.50. The molecule has 0 spiro atoms.